The molecule has 1 aliphatic rings. The van der Waals surface area contributed by atoms with Crippen LogP contribution in [0.25, 0.3) is 5.78 Å². The number of nitrogens with zero attached hydrogens (tertiary/aromatic N) is 4. The zero-order valence-corrected chi connectivity index (χ0v) is 18.6. The molecule has 0 radical (unpaired) electrons. The summed E-state index contributed by atoms with van der Waals surface area (Å²) in [6.07, 6.45) is -3.06. The van der Waals surface area contributed by atoms with E-state index in [2.05, 4.69) is 25.7 Å². The van der Waals surface area contributed by atoms with E-state index < -0.39 is 17.9 Å². The molecule has 1 saturated heterocycles. The summed E-state index contributed by atoms with van der Waals surface area (Å²) < 4.78 is 45.4. The zero-order chi connectivity index (χ0) is 24.5. The number of halogens is 3. The lowest BCUT2D eigenvalue weighted by Crippen LogP contribution is -2.32. The quantitative estimate of drug-likeness (QED) is 0.566. The van der Waals surface area contributed by atoms with E-state index in [4.69, 9.17) is 4.74 Å². The summed E-state index contributed by atoms with van der Waals surface area (Å²) in [6, 6.07) is 6.57. The van der Waals surface area contributed by atoms with Crippen molar-refractivity contribution in [2.24, 2.45) is 0 Å². The molecule has 2 N–H and O–H groups in total. The molecule has 1 aromatic carbocycles. The van der Waals surface area contributed by atoms with E-state index in [0.717, 1.165) is 17.4 Å². The summed E-state index contributed by atoms with van der Waals surface area (Å²) in [5, 5.41) is 9.03. The fourth-order valence-corrected chi connectivity index (χ4v) is 3.84. The number of hydrogen-bond acceptors (Lipinski definition) is 6. The molecule has 12 heteroatoms. The van der Waals surface area contributed by atoms with Crippen LogP contribution in [0.1, 0.15) is 46.0 Å². The summed E-state index contributed by atoms with van der Waals surface area (Å²) in [6.45, 7) is 4.19. The molecule has 1 atom stereocenters. The van der Waals surface area contributed by atoms with E-state index in [9.17, 15) is 22.8 Å². The fraction of sp³-hybridized carbons (Fsp3) is 0.409. The largest absolute Gasteiger partial charge is 0.453 e. The maximum Gasteiger partial charge on any atom is 0.453 e. The topological polar surface area (TPSA) is 111 Å². The molecule has 4 rings (SSSR count). The van der Waals surface area contributed by atoms with Gasteiger partial charge in [0.15, 0.2) is 0 Å². The van der Waals surface area contributed by atoms with Crippen molar-refractivity contribution in [2.45, 2.75) is 45.4 Å². The Morgan fingerprint density at radius 1 is 1.21 bits per heavy atom. The van der Waals surface area contributed by atoms with Crippen molar-refractivity contribution in [2.75, 3.05) is 18.5 Å². The van der Waals surface area contributed by atoms with Crippen molar-refractivity contribution in [3.05, 3.63) is 52.6 Å². The number of ether oxygens (including phenoxy) is 1. The number of benzene rings is 1. The predicted octanol–water partition coefficient (Wildman–Crippen LogP) is 2.85. The molecule has 1 fully saturated rings. The van der Waals surface area contributed by atoms with Crippen LogP contribution in [0.4, 0.5) is 18.9 Å². The van der Waals surface area contributed by atoms with Crippen LogP contribution in [0.3, 0.4) is 0 Å². The van der Waals surface area contributed by atoms with Gasteiger partial charge in [0.25, 0.3) is 17.5 Å². The van der Waals surface area contributed by atoms with Gasteiger partial charge in [-0.05, 0) is 38.8 Å². The molecular formula is C22H23F3N6O3. The highest BCUT2D eigenvalue weighted by atomic mass is 19.4. The number of alkyl halides is 3. The zero-order valence-electron chi connectivity index (χ0n) is 18.6. The number of aromatic nitrogens is 4. The number of aryl methyl sites for hydroxylation is 2. The standard InChI is InChI=1S/C22H23F3N6O3/c1-12-16(13(2)31-21(27-12)29-20(30-31)22(23,24)25)10-18(32)28-17-8-4-3-7-15(17)19(33)26-11-14-6-5-9-34-14/h3-4,7-8,14H,5-6,9-11H2,1-2H3,(H,26,33)(H,28,32)/t14-/m0/s1. The molecule has 0 saturated carbocycles. The SMILES string of the molecule is Cc1nc2nc(C(F)(F)F)nn2c(C)c1CC(=O)Nc1ccccc1C(=O)NC[C@@H]1CCCO1. The van der Waals surface area contributed by atoms with Crippen LogP contribution in [-0.2, 0) is 22.1 Å². The second-order valence-corrected chi connectivity index (χ2v) is 8.02. The Balaban J connectivity index is 1.50. The molecule has 34 heavy (non-hydrogen) atoms. The van der Waals surface area contributed by atoms with Crippen molar-refractivity contribution < 1.29 is 27.5 Å². The summed E-state index contributed by atoms with van der Waals surface area (Å²) in [5.74, 6) is -2.29. The molecule has 3 heterocycles. The van der Waals surface area contributed by atoms with Gasteiger partial charge in [0.05, 0.1) is 23.8 Å². The molecule has 0 bridgehead atoms. The Kier molecular flexibility index (Phi) is 6.51. The molecule has 1 aliphatic heterocycles. The van der Waals surface area contributed by atoms with E-state index in [1.807, 2.05) is 0 Å². The Morgan fingerprint density at radius 2 is 1.97 bits per heavy atom. The molecule has 2 aromatic heterocycles. The number of anilines is 1. The van der Waals surface area contributed by atoms with Crippen LogP contribution in [-0.4, -0.2) is 50.7 Å². The average Bonchev–Trinajstić information content (AvgIpc) is 3.45. The Labute approximate surface area is 192 Å². The molecule has 2 amide bonds. The van der Waals surface area contributed by atoms with Gasteiger partial charge in [0.2, 0.25) is 5.91 Å². The lowest BCUT2D eigenvalue weighted by molar-refractivity contribution is -0.144. The van der Waals surface area contributed by atoms with Gasteiger partial charge in [-0.3, -0.25) is 9.59 Å². The third kappa shape index (κ3) is 5.01. The minimum atomic E-state index is -4.71. The van der Waals surface area contributed by atoms with Crippen LogP contribution in [0.2, 0.25) is 0 Å². The van der Waals surface area contributed by atoms with Crippen molar-refractivity contribution in [3.8, 4) is 0 Å². The summed E-state index contributed by atoms with van der Waals surface area (Å²) in [7, 11) is 0. The monoisotopic (exact) mass is 476 g/mol. The highest BCUT2D eigenvalue weighted by Gasteiger charge is 2.37. The molecular weight excluding hydrogens is 453 g/mol. The van der Waals surface area contributed by atoms with Gasteiger partial charge in [-0.15, -0.1) is 5.10 Å². The van der Waals surface area contributed by atoms with Gasteiger partial charge in [0.1, 0.15) is 0 Å². The van der Waals surface area contributed by atoms with Crippen molar-refractivity contribution >= 4 is 23.3 Å². The van der Waals surface area contributed by atoms with Crippen LogP contribution >= 0.6 is 0 Å². The van der Waals surface area contributed by atoms with Gasteiger partial charge in [-0.2, -0.15) is 18.2 Å². The van der Waals surface area contributed by atoms with E-state index in [1.165, 1.54) is 0 Å². The highest BCUT2D eigenvalue weighted by Crippen LogP contribution is 2.27. The van der Waals surface area contributed by atoms with Gasteiger partial charge in [-0.1, -0.05) is 12.1 Å². The Bertz CT molecular complexity index is 1230. The minimum absolute atomic E-state index is 0.0197. The number of carbonyl (C=O) groups is 2. The second-order valence-electron chi connectivity index (χ2n) is 8.02. The van der Waals surface area contributed by atoms with Crippen LogP contribution in [0, 0.1) is 13.8 Å². The third-order valence-electron chi connectivity index (χ3n) is 5.60. The third-order valence-corrected chi connectivity index (χ3v) is 5.60. The van der Waals surface area contributed by atoms with E-state index >= 15 is 0 Å². The van der Waals surface area contributed by atoms with Crippen LogP contribution in [0.15, 0.2) is 24.3 Å². The summed E-state index contributed by atoms with van der Waals surface area (Å²) >= 11 is 0. The number of carbonyl (C=O) groups excluding carboxylic acids is 2. The van der Waals surface area contributed by atoms with Gasteiger partial charge in [0, 0.05) is 30.1 Å². The first-order valence-electron chi connectivity index (χ1n) is 10.7. The molecule has 0 aliphatic carbocycles. The molecule has 9 nitrogen and oxygen atoms in total. The average molecular weight is 476 g/mol. The van der Waals surface area contributed by atoms with Crippen molar-refractivity contribution in [1.29, 1.82) is 0 Å². The first kappa shape index (κ1) is 23.6. The Morgan fingerprint density at radius 3 is 2.68 bits per heavy atom. The minimum Gasteiger partial charge on any atom is -0.376 e. The van der Waals surface area contributed by atoms with Crippen LogP contribution < -0.4 is 10.6 Å². The van der Waals surface area contributed by atoms with Gasteiger partial charge >= 0.3 is 6.18 Å². The molecule has 180 valence electrons. The first-order valence-corrected chi connectivity index (χ1v) is 10.7. The lowest BCUT2D eigenvalue weighted by atomic mass is 10.1. The van der Waals surface area contributed by atoms with Crippen molar-refractivity contribution in [1.82, 2.24) is 24.9 Å². The number of rotatable bonds is 6. The second kappa shape index (κ2) is 9.37. The number of amides is 2. The fourth-order valence-electron chi connectivity index (χ4n) is 3.84. The molecule has 0 unspecified atom stereocenters. The number of para-hydroxylation sites is 1. The van der Waals surface area contributed by atoms with Crippen LogP contribution in [0.5, 0.6) is 0 Å². The predicted molar refractivity (Wildman–Crippen MR) is 115 cm³/mol. The Hall–Kier alpha value is -3.54. The number of fused-ring (bicyclic) bond motifs is 1. The molecule has 3 aromatic rings. The smallest absolute Gasteiger partial charge is 0.376 e. The number of nitrogens with one attached hydrogen (secondary N) is 2. The maximum atomic E-state index is 13.0. The van der Waals surface area contributed by atoms with E-state index in [0.29, 0.717) is 41.4 Å². The summed E-state index contributed by atoms with van der Waals surface area (Å²) in [4.78, 5) is 33.0. The highest BCUT2D eigenvalue weighted by molar-refractivity contribution is 6.04. The van der Waals surface area contributed by atoms with Gasteiger partial charge in [-0.25, -0.2) is 9.50 Å². The lowest BCUT2D eigenvalue weighted by Gasteiger charge is -2.14. The number of hydrogen-bond donors (Lipinski definition) is 2. The van der Waals surface area contributed by atoms with E-state index in [-0.39, 0.29) is 24.2 Å². The van der Waals surface area contributed by atoms with E-state index in [1.54, 1.807) is 38.1 Å². The maximum absolute atomic E-state index is 13.0. The first-order chi connectivity index (χ1) is 16.1. The van der Waals surface area contributed by atoms with Crippen molar-refractivity contribution in [3.63, 3.8) is 0 Å². The molecule has 0 spiro atoms. The summed E-state index contributed by atoms with van der Waals surface area (Å²) in [5.41, 5.74) is 1.72. The normalized spacial score (nSPS) is 16.1. The van der Waals surface area contributed by atoms with Gasteiger partial charge < -0.3 is 15.4 Å².